The van der Waals surface area contributed by atoms with Gasteiger partial charge < -0.3 is 0 Å². The molecule has 0 N–H and O–H groups in total. The maximum Gasteiger partial charge on any atom is 0.00886 e. The average Bonchev–Trinajstić information content (AvgIpc) is 2.39. The summed E-state index contributed by atoms with van der Waals surface area (Å²) in [6.07, 6.45) is 17.4. The van der Waals surface area contributed by atoms with E-state index in [9.17, 15) is 0 Å². The second-order valence-electron chi connectivity index (χ2n) is 6.22. The van der Waals surface area contributed by atoms with Crippen LogP contribution in [0, 0.1) is 17.8 Å². The Kier molecular flexibility index (Phi) is 15.3. The van der Waals surface area contributed by atoms with E-state index in [1.165, 1.54) is 70.6 Å². The lowest BCUT2D eigenvalue weighted by Gasteiger charge is -2.03. The summed E-state index contributed by atoms with van der Waals surface area (Å²) in [7, 11) is 0. The molecule has 0 amide bonds. The minimum absolute atomic E-state index is 0.882. The zero-order valence-electron chi connectivity index (χ0n) is 13.8. The lowest BCUT2D eigenvalue weighted by Crippen LogP contribution is -1.87. The minimum Gasteiger partial charge on any atom is -0.103 e. The molecule has 19 heavy (non-hydrogen) atoms. The third-order valence-electron chi connectivity index (χ3n) is 3.61. The molecule has 0 aromatic carbocycles. The second kappa shape index (κ2) is 15.6. The van der Waals surface area contributed by atoms with Crippen molar-refractivity contribution in [3.63, 3.8) is 0 Å². The van der Waals surface area contributed by atoms with Crippen molar-refractivity contribution < 1.29 is 0 Å². The largest absolute Gasteiger partial charge is 0.103 e. The summed E-state index contributed by atoms with van der Waals surface area (Å²) in [6, 6.07) is 0. The Labute approximate surface area is 122 Å². The fourth-order valence-corrected chi connectivity index (χ4v) is 2.29. The van der Waals surface area contributed by atoms with Gasteiger partial charge in [-0.25, -0.2) is 0 Å². The molecule has 0 rings (SSSR count). The molecule has 0 aliphatic carbocycles. The third-order valence-corrected chi connectivity index (χ3v) is 3.61. The van der Waals surface area contributed by atoms with Crippen LogP contribution in [-0.2, 0) is 0 Å². The van der Waals surface area contributed by atoms with E-state index in [1.807, 2.05) is 0 Å². The summed E-state index contributed by atoms with van der Waals surface area (Å²) in [5.74, 6) is 7.53. The summed E-state index contributed by atoms with van der Waals surface area (Å²) in [6.45, 7) is 6.90. The van der Waals surface area contributed by atoms with Gasteiger partial charge in [0.05, 0.1) is 0 Å². The smallest absolute Gasteiger partial charge is 0.00886 e. The van der Waals surface area contributed by atoms with Crippen molar-refractivity contribution in [2.24, 2.45) is 5.92 Å². The van der Waals surface area contributed by atoms with E-state index in [1.54, 1.807) is 0 Å². The first-order valence-corrected chi connectivity index (χ1v) is 8.73. The Hall–Kier alpha value is -0.440. The zero-order valence-corrected chi connectivity index (χ0v) is 13.8. The van der Waals surface area contributed by atoms with Gasteiger partial charge in [0.25, 0.3) is 0 Å². The van der Waals surface area contributed by atoms with E-state index in [4.69, 9.17) is 0 Å². The van der Waals surface area contributed by atoms with Crippen LogP contribution in [0.25, 0.3) is 0 Å². The van der Waals surface area contributed by atoms with Crippen molar-refractivity contribution in [2.75, 3.05) is 0 Å². The molecule has 0 spiro atoms. The molecule has 0 aromatic rings. The van der Waals surface area contributed by atoms with Gasteiger partial charge in [-0.1, -0.05) is 78.6 Å². The molecule has 0 aliphatic heterocycles. The highest BCUT2D eigenvalue weighted by Gasteiger charge is 1.94. The Morgan fingerprint density at radius 3 is 1.63 bits per heavy atom. The van der Waals surface area contributed by atoms with Gasteiger partial charge >= 0.3 is 0 Å². The molecular weight excluding hydrogens is 228 g/mol. The van der Waals surface area contributed by atoms with Crippen molar-refractivity contribution in [3.05, 3.63) is 0 Å². The summed E-state index contributed by atoms with van der Waals surface area (Å²) < 4.78 is 0. The Balaban J connectivity index is 3.08. The lowest BCUT2D eigenvalue weighted by atomic mass is 10.0. The summed E-state index contributed by atoms with van der Waals surface area (Å²) >= 11 is 0. The van der Waals surface area contributed by atoms with Crippen LogP contribution in [-0.4, -0.2) is 0 Å². The molecule has 0 fully saturated rings. The highest BCUT2D eigenvalue weighted by Crippen LogP contribution is 2.11. The van der Waals surface area contributed by atoms with E-state index in [-0.39, 0.29) is 0 Å². The van der Waals surface area contributed by atoms with Crippen molar-refractivity contribution in [3.8, 4) is 11.8 Å². The molecule has 0 unspecified atom stereocenters. The zero-order chi connectivity index (χ0) is 14.2. The molecule has 0 nitrogen and oxygen atoms in total. The van der Waals surface area contributed by atoms with Gasteiger partial charge in [-0.2, -0.15) is 0 Å². The van der Waals surface area contributed by atoms with Gasteiger partial charge in [0.15, 0.2) is 0 Å². The SMILES string of the molecule is CCCCCCC#CCCCCCCCCC(C)C. The van der Waals surface area contributed by atoms with Gasteiger partial charge in [-0.15, -0.1) is 11.8 Å². The van der Waals surface area contributed by atoms with Crippen LogP contribution in [0.2, 0.25) is 0 Å². The maximum atomic E-state index is 3.33. The van der Waals surface area contributed by atoms with E-state index in [2.05, 4.69) is 32.6 Å². The average molecular weight is 264 g/mol. The van der Waals surface area contributed by atoms with Crippen molar-refractivity contribution in [2.45, 2.75) is 104 Å². The van der Waals surface area contributed by atoms with Gasteiger partial charge in [0, 0.05) is 12.8 Å². The third kappa shape index (κ3) is 17.6. The molecule has 0 bridgehead atoms. The Morgan fingerprint density at radius 2 is 1.11 bits per heavy atom. The lowest BCUT2D eigenvalue weighted by molar-refractivity contribution is 0.512. The quantitative estimate of drug-likeness (QED) is 0.270. The summed E-state index contributed by atoms with van der Waals surface area (Å²) in [5.41, 5.74) is 0. The summed E-state index contributed by atoms with van der Waals surface area (Å²) in [4.78, 5) is 0. The van der Waals surface area contributed by atoms with Crippen LogP contribution in [0.5, 0.6) is 0 Å². The minimum atomic E-state index is 0.882. The molecule has 0 saturated carbocycles. The molecule has 0 heteroatoms. The highest BCUT2D eigenvalue weighted by molar-refractivity contribution is 4.98. The van der Waals surface area contributed by atoms with Gasteiger partial charge in [0.1, 0.15) is 0 Å². The number of unbranched alkanes of at least 4 members (excludes halogenated alkanes) is 10. The number of hydrogen-bond acceptors (Lipinski definition) is 0. The summed E-state index contributed by atoms with van der Waals surface area (Å²) in [5, 5.41) is 0. The second-order valence-corrected chi connectivity index (χ2v) is 6.22. The fourth-order valence-electron chi connectivity index (χ4n) is 2.29. The Morgan fingerprint density at radius 1 is 0.632 bits per heavy atom. The van der Waals surface area contributed by atoms with E-state index >= 15 is 0 Å². The maximum absolute atomic E-state index is 3.33. The topological polar surface area (TPSA) is 0 Å². The normalized spacial score (nSPS) is 10.5. The highest BCUT2D eigenvalue weighted by atomic mass is 14.0. The van der Waals surface area contributed by atoms with Gasteiger partial charge in [-0.3, -0.25) is 0 Å². The molecule has 0 aliphatic rings. The van der Waals surface area contributed by atoms with Crippen LogP contribution >= 0.6 is 0 Å². The van der Waals surface area contributed by atoms with Crippen LogP contribution < -0.4 is 0 Å². The van der Waals surface area contributed by atoms with E-state index in [0.717, 1.165) is 18.8 Å². The molecule has 0 radical (unpaired) electrons. The number of rotatable bonds is 12. The van der Waals surface area contributed by atoms with Crippen molar-refractivity contribution in [1.29, 1.82) is 0 Å². The van der Waals surface area contributed by atoms with E-state index < -0.39 is 0 Å². The number of hydrogen-bond donors (Lipinski definition) is 0. The van der Waals surface area contributed by atoms with Gasteiger partial charge in [0.2, 0.25) is 0 Å². The van der Waals surface area contributed by atoms with Crippen LogP contribution in [0.3, 0.4) is 0 Å². The first kappa shape index (κ1) is 18.6. The molecule has 0 aromatic heterocycles. The first-order valence-electron chi connectivity index (χ1n) is 8.73. The van der Waals surface area contributed by atoms with Gasteiger partial charge in [-0.05, 0) is 18.8 Å². The molecule has 112 valence electrons. The monoisotopic (exact) mass is 264 g/mol. The van der Waals surface area contributed by atoms with Crippen LogP contribution in [0.4, 0.5) is 0 Å². The van der Waals surface area contributed by atoms with Crippen molar-refractivity contribution in [1.82, 2.24) is 0 Å². The first-order chi connectivity index (χ1) is 9.27. The van der Waals surface area contributed by atoms with Crippen LogP contribution in [0.15, 0.2) is 0 Å². The predicted octanol–water partition coefficient (Wildman–Crippen LogP) is 6.74. The molecule has 0 saturated heterocycles. The Bertz CT molecular complexity index is 216. The van der Waals surface area contributed by atoms with E-state index in [0.29, 0.717) is 0 Å². The fraction of sp³-hybridized carbons (Fsp3) is 0.895. The predicted molar refractivity (Wildman–Crippen MR) is 88.3 cm³/mol. The standard InChI is InChI=1S/C19H36/c1-4-5-6-7-8-9-10-11-12-13-14-15-16-17-18-19(2)3/h19H,4-8,11-18H2,1-3H3. The van der Waals surface area contributed by atoms with Crippen molar-refractivity contribution >= 4 is 0 Å². The van der Waals surface area contributed by atoms with Crippen LogP contribution in [0.1, 0.15) is 104 Å². The molecular formula is C19H36. The molecule has 0 atom stereocenters. The molecule has 0 heterocycles.